The minimum Gasteiger partial charge on any atom is -0.356 e. The van der Waals surface area contributed by atoms with E-state index in [1.165, 1.54) is 5.41 Å². The van der Waals surface area contributed by atoms with E-state index >= 15 is 0 Å². The van der Waals surface area contributed by atoms with Gasteiger partial charge in [-0.05, 0) is 0 Å². The van der Waals surface area contributed by atoms with Crippen LogP contribution in [0.25, 0.3) is 4.96 Å². The van der Waals surface area contributed by atoms with Crippen molar-refractivity contribution in [2.75, 3.05) is 12.3 Å². The quantitative estimate of drug-likeness (QED) is 0.889. The lowest BCUT2D eigenvalue weighted by atomic mass is 10.1. The molecule has 1 amide bonds. The number of allylic oxidation sites excluding steroid dienone is 1. The molecule has 0 bridgehead atoms. The van der Waals surface area contributed by atoms with Gasteiger partial charge in [0.15, 0.2) is 14.8 Å². The summed E-state index contributed by atoms with van der Waals surface area (Å²) in [5, 5.41) is 5.97. The Balaban J connectivity index is 1.44. The van der Waals surface area contributed by atoms with Gasteiger partial charge in [0.05, 0.1) is 11.4 Å². The van der Waals surface area contributed by atoms with Gasteiger partial charge in [0, 0.05) is 48.5 Å². The van der Waals surface area contributed by atoms with Gasteiger partial charge in [0.1, 0.15) is 0 Å². The zero-order valence-corrected chi connectivity index (χ0v) is 12.9. The number of imidazole rings is 1. The predicted molar refractivity (Wildman–Crippen MR) is 80.8 cm³/mol. The van der Waals surface area contributed by atoms with Gasteiger partial charge in [-0.2, -0.15) is 0 Å². The summed E-state index contributed by atoms with van der Waals surface area (Å²) in [4.78, 5) is 17.1. The van der Waals surface area contributed by atoms with E-state index in [1.54, 1.807) is 17.4 Å². The number of nitrogens with one attached hydrogen (secondary N) is 1. The van der Waals surface area contributed by atoms with Crippen molar-refractivity contribution in [3.8, 4) is 0 Å². The van der Waals surface area contributed by atoms with Crippen molar-refractivity contribution in [3.63, 3.8) is 0 Å². The van der Waals surface area contributed by atoms with E-state index < -0.39 is 9.84 Å². The second-order valence-electron chi connectivity index (χ2n) is 5.05. The molecule has 0 spiro atoms. The second kappa shape index (κ2) is 5.61. The van der Waals surface area contributed by atoms with Crippen LogP contribution in [0.2, 0.25) is 0 Å². The summed E-state index contributed by atoms with van der Waals surface area (Å²) in [6.07, 6.45) is 6.37. The zero-order chi connectivity index (χ0) is 14.9. The number of carbonyl (C=O) groups is 1. The summed E-state index contributed by atoms with van der Waals surface area (Å²) >= 11 is 1.57. The average molecular weight is 325 g/mol. The predicted octanol–water partition coefficient (Wildman–Crippen LogP) is 1.00. The molecule has 21 heavy (non-hydrogen) atoms. The van der Waals surface area contributed by atoms with Crippen LogP contribution >= 0.6 is 11.3 Å². The van der Waals surface area contributed by atoms with Gasteiger partial charge in [0.25, 0.3) is 0 Å². The van der Waals surface area contributed by atoms with Gasteiger partial charge in [0.2, 0.25) is 5.91 Å². The van der Waals surface area contributed by atoms with Crippen LogP contribution in [0.3, 0.4) is 0 Å². The number of nitrogens with zero attached hydrogens (tertiary/aromatic N) is 2. The first-order chi connectivity index (χ1) is 10.0. The fourth-order valence-corrected chi connectivity index (χ4v) is 4.42. The minimum atomic E-state index is -3.09. The van der Waals surface area contributed by atoms with Gasteiger partial charge in [-0.25, -0.2) is 13.4 Å². The summed E-state index contributed by atoms with van der Waals surface area (Å²) in [5.74, 6) is -0.284. The Labute approximate surface area is 126 Å². The van der Waals surface area contributed by atoms with E-state index in [0.717, 1.165) is 10.7 Å². The van der Waals surface area contributed by atoms with Crippen LogP contribution in [-0.2, 0) is 21.1 Å². The highest BCUT2D eigenvalue weighted by Crippen LogP contribution is 2.18. The fraction of sp³-hybridized carbons (Fsp3) is 0.385. The number of hydrogen-bond donors (Lipinski definition) is 1. The summed E-state index contributed by atoms with van der Waals surface area (Å²) < 4.78 is 24.5. The van der Waals surface area contributed by atoms with E-state index in [9.17, 15) is 13.2 Å². The van der Waals surface area contributed by atoms with Crippen LogP contribution in [0.1, 0.15) is 12.1 Å². The first-order valence-electron chi connectivity index (χ1n) is 6.60. The van der Waals surface area contributed by atoms with Gasteiger partial charge in [-0.15, -0.1) is 11.3 Å². The minimum absolute atomic E-state index is 0.0394. The molecule has 1 atom stereocenters. The van der Waals surface area contributed by atoms with E-state index in [0.29, 0.717) is 13.0 Å². The maximum absolute atomic E-state index is 11.8. The Morgan fingerprint density at radius 3 is 3.10 bits per heavy atom. The van der Waals surface area contributed by atoms with Gasteiger partial charge >= 0.3 is 0 Å². The molecule has 1 aliphatic rings. The third kappa shape index (κ3) is 3.51. The highest BCUT2D eigenvalue weighted by atomic mass is 32.2. The molecular formula is C13H15N3O3S2. The van der Waals surface area contributed by atoms with Crippen LogP contribution in [0.4, 0.5) is 0 Å². The first-order valence-corrected chi connectivity index (χ1v) is 9.20. The molecule has 3 heterocycles. The number of aromatic nitrogens is 2. The number of thiazole rings is 1. The van der Waals surface area contributed by atoms with Gasteiger partial charge in [-0.1, -0.05) is 6.08 Å². The van der Waals surface area contributed by atoms with Crippen molar-refractivity contribution in [3.05, 3.63) is 35.0 Å². The Morgan fingerprint density at radius 1 is 1.52 bits per heavy atom. The third-order valence-corrected chi connectivity index (χ3v) is 5.53. The van der Waals surface area contributed by atoms with E-state index in [-0.39, 0.29) is 24.0 Å². The molecule has 2 aromatic rings. The average Bonchev–Trinajstić information content (AvgIpc) is 3.04. The summed E-state index contributed by atoms with van der Waals surface area (Å²) in [6.45, 7) is 0.507. The number of fused-ring (bicyclic) bond motifs is 1. The Bertz CT molecular complexity index is 760. The van der Waals surface area contributed by atoms with Crippen molar-refractivity contribution < 1.29 is 13.2 Å². The third-order valence-electron chi connectivity index (χ3n) is 3.30. The SMILES string of the molecule is O=C(CC1C=CS(=O)(=O)C1)NCCc1cn2ccsc2n1. The van der Waals surface area contributed by atoms with E-state index in [4.69, 9.17) is 0 Å². The number of sulfone groups is 1. The Morgan fingerprint density at radius 2 is 2.38 bits per heavy atom. The van der Waals surface area contributed by atoms with Crippen LogP contribution in [0, 0.1) is 5.92 Å². The molecule has 1 N–H and O–H groups in total. The number of rotatable bonds is 5. The van der Waals surface area contributed by atoms with Crippen LogP contribution in [-0.4, -0.2) is 36.0 Å². The Kier molecular flexibility index (Phi) is 3.81. The normalized spacial score (nSPS) is 20.1. The van der Waals surface area contributed by atoms with Gasteiger partial charge in [-0.3, -0.25) is 9.20 Å². The molecule has 1 aliphatic heterocycles. The number of amides is 1. The molecule has 0 aromatic carbocycles. The maximum atomic E-state index is 11.8. The van der Waals surface area contributed by atoms with Crippen molar-refractivity contribution in [2.24, 2.45) is 5.92 Å². The van der Waals surface area contributed by atoms with E-state index in [1.807, 2.05) is 22.2 Å². The van der Waals surface area contributed by atoms with Crippen LogP contribution < -0.4 is 5.32 Å². The lowest BCUT2D eigenvalue weighted by molar-refractivity contribution is -0.121. The molecule has 1 unspecified atom stereocenters. The molecular weight excluding hydrogens is 310 g/mol. The largest absolute Gasteiger partial charge is 0.356 e. The topological polar surface area (TPSA) is 80.5 Å². The summed E-state index contributed by atoms with van der Waals surface area (Å²) in [7, 11) is -3.09. The van der Waals surface area contributed by atoms with Crippen molar-refractivity contribution in [1.29, 1.82) is 0 Å². The van der Waals surface area contributed by atoms with Crippen molar-refractivity contribution >= 4 is 32.0 Å². The highest BCUT2D eigenvalue weighted by Gasteiger charge is 2.23. The maximum Gasteiger partial charge on any atom is 0.220 e. The zero-order valence-electron chi connectivity index (χ0n) is 11.2. The molecule has 0 fully saturated rings. The summed E-state index contributed by atoms with van der Waals surface area (Å²) in [5.41, 5.74) is 0.936. The molecule has 112 valence electrons. The number of hydrogen-bond acceptors (Lipinski definition) is 5. The van der Waals surface area contributed by atoms with Crippen LogP contribution in [0.15, 0.2) is 29.3 Å². The molecule has 6 nitrogen and oxygen atoms in total. The summed E-state index contributed by atoms with van der Waals surface area (Å²) in [6, 6.07) is 0. The van der Waals surface area contributed by atoms with Crippen molar-refractivity contribution in [2.45, 2.75) is 12.8 Å². The lowest BCUT2D eigenvalue weighted by Gasteiger charge is -2.07. The van der Waals surface area contributed by atoms with Crippen LogP contribution in [0.5, 0.6) is 0 Å². The first kappa shape index (κ1) is 14.3. The molecule has 0 radical (unpaired) electrons. The molecule has 2 aromatic heterocycles. The number of carbonyl (C=O) groups excluding carboxylic acids is 1. The molecule has 0 saturated carbocycles. The molecule has 0 saturated heterocycles. The standard InChI is InChI=1S/C13H15N3O3S2/c17-12(7-10-2-6-21(18,19)9-10)14-3-1-11-8-16-4-5-20-13(16)15-11/h2,4-6,8,10H,1,3,7,9H2,(H,14,17). The van der Waals surface area contributed by atoms with Crippen molar-refractivity contribution in [1.82, 2.24) is 14.7 Å². The highest BCUT2D eigenvalue weighted by molar-refractivity contribution is 7.94. The fourth-order valence-electron chi connectivity index (χ4n) is 2.30. The molecule has 8 heteroatoms. The van der Waals surface area contributed by atoms with E-state index in [2.05, 4.69) is 10.3 Å². The smallest absolute Gasteiger partial charge is 0.220 e. The Hall–Kier alpha value is -1.67. The molecule has 0 aliphatic carbocycles. The lowest BCUT2D eigenvalue weighted by Crippen LogP contribution is -2.28. The van der Waals surface area contributed by atoms with Gasteiger partial charge < -0.3 is 5.32 Å². The molecule has 3 rings (SSSR count). The second-order valence-corrected chi connectivity index (χ2v) is 7.85. The monoisotopic (exact) mass is 325 g/mol.